The minimum Gasteiger partial charge on any atom is -0.468 e. The summed E-state index contributed by atoms with van der Waals surface area (Å²) in [6.07, 6.45) is -2.07. The van der Waals surface area contributed by atoms with Crippen LogP contribution in [-0.2, 0) is 6.54 Å². The molecule has 2 aromatic heterocycles. The van der Waals surface area contributed by atoms with Crippen LogP contribution in [0.3, 0.4) is 0 Å². The summed E-state index contributed by atoms with van der Waals surface area (Å²) in [6.45, 7) is 8.34. The molecule has 0 saturated heterocycles. The fraction of sp³-hybridized carbons (Fsp3) is 0.545. The van der Waals surface area contributed by atoms with Crippen molar-refractivity contribution in [2.24, 2.45) is 0 Å². The number of aliphatic hydroxyl groups is 1. The number of fused-ring (bicyclic) bond motifs is 1. The highest BCUT2D eigenvalue weighted by molar-refractivity contribution is 5.51. The average molecular weight is 454 g/mol. The Kier molecular flexibility index (Phi) is 7.58. The Balaban J connectivity index is 1.70. The lowest BCUT2D eigenvalue weighted by Gasteiger charge is -2.28. The number of aryl methyl sites for hydroxylation is 1. The number of ether oxygens (including phenoxy) is 1. The van der Waals surface area contributed by atoms with Crippen molar-refractivity contribution in [2.75, 3.05) is 25.0 Å². The lowest BCUT2D eigenvalue weighted by molar-refractivity contribution is -0.154. The van der Waals surface area contributed by atoms with Gasteiger partial charge in [-0.05, 0) is 31.5 Å². The molecule has 0 spiro atoms. The molecule has 10 heteroatoms. The van der Waals surface area contributed by atoms with Gasteiger partial charge >= 0.3 is 6.18 Å². The van der Waals surface area contributed by atoms with Crippen LogP contribution in [0.1, 0.15) is 55.3 Å². The molecule has 3 heterocycles. The van der Waals surface area contributed by atoms with Crippen molar-refractivity contribution in [3.63, 3.8) is 0 Å². The molecule has 3 N–H and O–H groups in total. The molecule has 2 atom stereocenters. The van der Waals surface area contributed by atoms with E-state index in [1.807, 2.05) is 17.9 Å². The summed E-state index contributed by atoms with van der Waals surface area (Å²) in [6, 6.07) is 3.72. The van der Waals surface area contributed by atoms with Gasteiger partial charge in [0.05, 0.1) is 0 Å². The van der Waals surface area contributed by atoms with Gasteiger partial charge in [-0.3, -0.25) is 4.90 Å². The summed E-state index contributed by atoms with van der Waals surface area (Å²) in [5, 5.41) is 17.6. The van der Waals surface area contributed by atoms with Crippen LogP contribution in [0.2, 0.25) is 0 Å². The van der Waals surface area contributed by atoms with E-state index in [1.165, 1.54) is 6.20 Å². The molecule has 1 aliphatic rings. The molecule has 32 heavy (non-hydrogen) atoms. The van der Waals surface area contributed by atoms with Crippen molar-refractivity contribution in [1.82, 2.24) is 20.2 Å². The first-order valence-corrected chi connectivity index (χ1v) is 10.6. The van der Waals surface area contributed by atoms with Crippen molar-refractivity contribution in [1.29, 1.82) is 0 Å². The summed E-state index contributed by atoms with van der Waals surface area (Å²) in [5.41, 5.74) is 3.01. The Morgan fingerprint density at radius 2 is 2.00 bits per heavy atom. The number of pyridine rings is 2. The van der Waals surface area contributed by atoms with Crippen molar-refractivity contribution >= 4 is 5.82 Å². The molecule has 0 aliphatic carbocycles. The lowest BCUT2D eigenvalue weighted by atomic mass is 10.1. The van der Waals surface area contributed by atoms with Crippen LogP contribution in [0.4, 0.5) is 19.0 Å². The summed E-state index contributed by atoms with van der Waals surface area (Å²) in [7, 11) is 0. The maximum atomic E-state index is 12.4. The van der Waals surface area contributed by atoms with Crippen LogP contribution >= 0.6 is 0 Å². The first-order chi connectivity index (χ1) is 15.1. The number of halogens is 3. The van der Waals surface area contributed by atoms with Gasteiger partial charge in [0.25, 0.3) is 0 Å². The molecular formula is C22H30F3N5O2. The smallest absolute Gasteiger partial charge is 0.422 e. The lowest BCUT2D eigenvalue weighted by Crippen LogP contribution is -2.28. The van der Waals surface area contributed by atoms with Crippen molar-refractivity contribution in [3.8, 4) is 5.88 Å². The Morgan fingerprint density at radius 1 is 1.25 bits per heavy atom. The zero-order chi connectivity index (χ0) is 23.5. The third kappa shape index (κ3) is 5.87. The van der Waals surface area contributed by atoms with Gasteiger partial charge in [-0.15, -0.1) is 0 Å². The number of hydrogen-bond donors (Lipinski definition) is 3. The van der Waals surface area contributed by atoms with Gasteiger partial charge in [-0.25, -0.2) is 9.97 Å². The first kappa shape index (κ1) is 24.2. The number of anilines is 1. The Hall–Kier alpha value is -2.43. The van der Waals surface area contributed by atoms with E-state index in [2.05, 4.69) is 34.4 Å². The van der Waals surface area contributed by atoms with E-state index < -0.39 is 19.0 Å². The van der Waals surface area contributed by atoms with E-state index in [0.29, 0.717) is 24.7 Å². The topological polar surface area (TPSA) is 82.5 Å². The molecule has 0 bridgehead atoms. The molecule has 7 nitrogen and oxygen atoms in total. The normalized spacial score (nSPS) is 17.5. The fourth-order valence-corrected chi connectivity index (χ4v) is 3.71. The number of rotatable bonds is 9. The second-order valence-corrected chi connectivity index (χ2v) is 8.28. The van der Waals surface area contributed by atoms with E-state index in [1.54, 1.807) is 19.2 Å². The standard InChI is InChI=1S/C22H30F3N5O2/c1-13(2)26-7-8-28-19-18-11-30(21(31)17(18)5-6-27-19)15(4)16-9-14(3)20(29-10-16)32-12-22(23,24)25/h5-6,9-10,13,15,21,26,31H,7-8,11-12H2,1-4H3,(H,27,28). The predicted octanol–water partition coefficient (Wildman–Crippen LogP) is 3.70. The van der Waals surface area contributed by atoms with Crippen LogP contribution in [0, 0.1) is 6.92 Å². The molecule has 2 aromatic rings. The van der Waals surface area contributed by atoms with Crippen molar-refractivity contribution in [2.45, 2.75) is 58.7 Å². The zero-order valence-electron chi connectivity index (χ0n) is 18.7. The van der Waals surface area contributed by atoms with E-state index in [4.69, 9.17) is 4.74 Å². The molecule has 0 aromatic carbocycles. The quantitative estimate of drug-likeness (QED) is 0.500. The second kappa shape index (κ2) is 10.0. The highest BCUT2D eigenvalue weighted by atomic mass is 19.4. The number of hydrogen-bond acceptors (Lipinski definition) is 7. The fourth-order valence-electron chi connectivity index (χ4n) is 3.71. The molecule has 176 valence electrons. The van der Waals surface area contributed by atoms with Crippen LogP contribution < -0.4 is 15.4 Å². The number of aromatic nitrogens is 2. The van der Waals surface area contributed by atoms with Crippen LogP contribution in [0.25, 0.3) is 0 Å². The van der Waals surface area contributed by atoms with Gasteiger partial charge in [0, 0.05) is 60.8 Å². The molecule has 0 radical (unpaired) electrons. The highest BCUT2D eigenvalue weighted by Crippen LogP contribution is 2.40. The maximum absolute atomic E-state index is 12.4. The van der Waals surface area contributed by atoms with Gasteiger partial charge in [0.2, 0.25) is 5.88 Å². The van der Waals surface area contributed by atoms with Gasteiger partial charge in [0.1, 0.15) is 12.0 Å². The van der Waals surface area contributed by atoms with E-state index >= 15 is 0 Å². The molecule has 2 unspecified atom stereocenters. The molecular weight excluding hydrogens is 423 g/mol. The minimum absolute atomic E-state index is 0.0470. The number of alkyl halides is 3. The van der Waals surface area contributed by atoms with E-state index in [-0.39, 0.29) is 11.9 Å². The summed E-state index contributed by atoms with van der Waals surface area (Å²) in [4.78, 5) is 10.4. The van der Waals surface area contributed by atoms with Gasteiger partial charge in [-0.1, -0.05) is 13.8 Å². The molecule has 0 amide bonds. The van der Waals surface area contributed by atoms with Crippen molar-refractivity contribution in [3.05, 3.63) is 46.8 Å². The zero-order valence-corrected chi connectivity index (χ0v) is 18.7. The monoisotopic (exact) mass is 453 g/mol. The van der Waals surface area contributed by atoms with E-state index in [9.17, 15) is 18.3 Å². The SMILES string of the molecule is Cc1cc(C(C)N2Cc3c(ccnc3NCCNC(C)C)C2O)cnc1OCC(F)(F)F. The van der Waals surface area contributed by atoms with Crippen molar-refractivity contribution < 1.29 is 23.0 Å². The van der Waals surface area contributed by atoms with Crippen LogP contribution in [0.15, 0.2) is 24.5 Å². The number of aliphatic hydroxyl groups excluding tert-OH is 1. The summed E-state index contributed by atoms with van der Waals surface area (Å²) < 4.78 is 42.1. The van der Waals surface area contributed by atoms with Crippen LogP contribution in [-0.4, -0.2) is 51.9 Å². The van der Waals surface area contributed by atoms with Gasteiger partial charge in [-0.2, -0.15) is 13.2 Å². The van der Waals surface area contributed by atoms with Gasteiger partial charge < -0.3 is 20.5 Å². The molecule has 3 rings (SSSR count). The second-order valence-electron chi connectivity index (χ2n) is 8.28. The number of nitrogens with one attached hydrogen (secondary N) is 2. The maximum Gasteiger partial charge on any atom is 0.422 e. The van der Waals surface area contributed by atoms with E-state index in [0.717, 1.165) is 29.1 Å². The summed E-state index contributed by atoms with van der Waals surface area (Å²) in [5.74, 6) is 0.696. The Labute approximate surface area is 186 Å². The molecule has 0 saturated carbocycles. The summed E-state index contributed by atoms with van der Waals surface area (Å²) >= 11 is 0. The Bertz CT molecular complexity index is 923. The van der Waals surface area contributed by atoms with Gasteiger partial charge in [0.15, 0.2) is 6.61 Å². The predicted molar refractivity (Wildman–Crippen MR) is 115 cm³/mol. The minimum atomic E-state index is -4.42. The largest absolute Gasteiger partial charge is 0.468 e. The third-order valence-corrected chi connectivity index (χ3v) is 5.40. The molecule has 1 aliphatic heterocycles. The number of nitrogens with zero attached hydrogens (tertiary/aromatic N) is 3. The third-order valence-electron chi connectivity index (χ3n) is 5.40. The van der Waals surface area contributed by atoms with Crippen LogP contribution in [0.5, 0.6) is 5.88 Å². The average Bonchev–Trinajstić information content (AvgIpc) is 3.06. The molecule has 0 fully saturated rings. The first-order valence-electron chi connectivity index (χ1n) is 10.6. The Morgan fingerprint density at radius 3 is 2.66 bits per heavy atom. The highest BCUT2D eigenvalue weighted by Gasteiger charge is 2.35.